The van der Waals surface area contributed by atoms with Crippen LogP contribution in [-0.4, -0.2) is 41.5 Å². The topological polar surface area (TPSA) is 63.2 Å². The van der Waals surface area contributed by atoms with Crippen LogP contribution in [0.2, 0.25) is 0 Å². The summed E-state index contributed by atoms with van der Waals surface area (Å²) in [4.78, 5) is 6.95. The van der Waals surface area contributed by atoms with Gasteiger partial charge in [0.15, 0.2) is 5.82 Å². The summed E-state index contributed by atoms with van der Waals surface area (Å²) in [6, 6.07) is 8.30. The third-order valence-electron chi connectivity index (χ3n) is 6.09. The van der Waals surface area contributed by atoms with Crippen LogP contribution in [0.4, 0.5) is 20.3 Å². The van der Waals surface area contributed by atoms with Gasteiger partial charge in [-0.05, 0) is 44.4 Å². The molecule has 0 radical (unpaired) electrons. The highest BCUT2D eigenvalue weighted by Crippen LogP contribution is 2.32. The first-order valence-electron chi connectivity index (χ1n) is 10.9. The summed E-state index contributed by atoms with van der Waals surface area (Å²) in [7, 11) is 1.75. The summed E-state index contributed by atoms with van der Waals surface area (Å²) in [5.74, 6) is -2.30. The van der Waals surface area contributed by atoms with Crippen LogP contribution in [0.3, 0.4) is 0 Å². The molecule has 3 aromatic rings. The number of aryl methyl sites for hydroxylation is 1. The summed E-state index contributed by atoms with van der Waals surface area (Å²) in [6.07, 6.45) is 4.19. The van der Waals surface area contributed by atoms with Gasteiger partial charge in [-0.25, -0.2) is 8.78 Å². The zero-order valence-electron chi connectivity index (χ0n) is 18.9. The number of methoxy groups -OCH3 is 1. The monoisotopic (exact) mass is 441 g/mol. The van der Waals surface area contributed by atoms with Crippen molar-refractivity contribution in [2.75, 3.05) is 30.4 Å². The number of rotatable bonds is 6. The predicted octanol–water partition coefficient (Wildman–Crippen LogP) is 5.23. The Kier molecular flexibility index (Phi) is 6.24. The number of hydrogen-bond donors (Lipinski definition) is 1. The SMILES string of the molecule is CO[C@H]1CCCN(c2cnc3c(C)nnc(N[C@H](C)c4cccc(C(C)(F)F)c4)c3c2)C1. The lowest BCUT2D eigenvalue weighted by molar-refractivity contribution is 0.0174. The van der Waals surface area contributed by atoms with Crippen LogP contribution < -0.4 is 10.2 Å². The molecule has 32 heavy (non-hydrogen) atoms. The van der Waals surface area contributed by atoms with Crippen molar-refractivity contribution in [1.82, 2.24) is 15.2 Å². The lowest BCUT2D eigenvalue weighted by atomic mass is 10.0. The van der Waals surface area contributed by atoms with E-state index in [-0.39, 0.29) is 17.7 Å². The molecule has 170 valence electrons. The summed E-state index contributed by atoms with van der Waals surface area (Å²) in [5.41, 5.74) is 3.27. The number of hydrogen-bond acceptors (Lipinski definition) is 6. The first-order valence-corrected chi connectivity index (χ1v) is 10.9. The molecule has 6 nitrogen and oxygen atoms in total. The molecule has 1 aliphatic heterocycles. The summed E-state index contributed by atoms with van der Waals surface area (Å²) >= 11 is 0. The van der Waals surface area contributed by atoms with E-state index < -0.39 is 5.92 Å². The molecule has 1 N–H and O–H groups in total. The van der Waals surface area contributed by atoms with Gasteiger partial charge in [-0.3, -0.25) is 4.98 Å². The second-order valence-corrected chi connectivity index (χ2v) is 8.55. The maximum atomic E-state index is 13.8. The molecule has 0 unspecified atom stereocenters. The Balaban J connectivity index is 1.66. The third kappa shape index (κ3) is 4.65. The molecule has 1 aliphatic rings. The highest BCUT2D eigenvalue weighted by molar-refractivity contribution is 5.92. The summed E-state index contributed by atoms with van der Waals surface area (Å²) < 4.78 is 33.1. The van der Waals surface area contributed by atoms with Gasteiger partial charge in [0.2, 0.25) is 0 Å². The Bertz CT molecular complexity index is 1100. The molecule has 0 aliphatic carbocycles. The van der Waals surface area contributed by atoms with Crippen LogP contribution >= 0.6 is 0 Å². The molecule has 2 atom stereocenters. The van der Waals surface area contributed by atoms with E-state index in [4.69, 9.17) is 4.74 Å². The van der Waals surface area contributed by atoms with Gasteiger partial charge >= 0.3 is 0 Å². The van der Waals surface area contributed by atoms with Crippen LogP contribution in [-0.2, 0) is 10.7 Å². The highest BCUT2D eigenvalue weighted by Gasteiger charge is 2.25. The molecular formula is C24H29F2N5O. The van der Waals surface area contributed by atoms with Gasteiger partial charge in [-0.15, -0.1) is 5.10 Å². The first kappa shape index (κ1) is 22.3. The summed E-state index contributed by atoms with van der Waals surface area (Å²) in [5, 5.41) is 12.8. The number of nitrogens with one attached hydrogen (secondary N) is 1. The maximum absolute atomic E-state index is 13.8. The van der Waals surface area contributed by atoms with Crippen LogP contribution in [0.15, 0.2) is 36.5 Å². The van der Waals surface area contributed by atoms with Crippen LogP contribution in [0.25, 0.3) is 10.9 Å². The molecule has 0 amide bonds. The van der Waals surface area contributed by atoms with Gasteiger partial charge in [0.1, 0.15) is 0 Å². The molecule has 4 rings (SSSR count). The molecule has 2 aromatic heterocycles. The van der Waals surface area contributed by atoms with Gasteiger partial charge in [-0.1, -0.05) is 18.2 Å². The van der Waals surface area contributed by atoms with E-state index in [0.29, 0.717) is 5.82 Å². The number of ether oxygens (including phenoxy) is 1. The van der Waals surface area contributed by atoms with Gasteiger partial charge < -0.3 is 15.0 Å². The number of benzene rings is 1. The van der Waals surface area contributed by atoms with Gasteiger partial charge in [-0.2, -0.15) is 5.10 Å². The van der Waals surface area contributed by atoms with Crippen molar-refractivity contribution in [3.63, 3.8) is 0 Å². The Morgan fingerprint density at radius 1 is 1.25 bits per heavy atom. The number of piperidine rings is 1. The molecule has 0 bridgehead atoms. The van der Waals surface area contributed by atoms with Crippen molar-refractivity contribution in [2.24, 2.45) is 0 Å². The second kappa shape index (κ2) is 8.94. The van der Waals surface area contributed by atoms with E-state index in [1.807, 2.05) is 26.1 Å². The summed E-state index contributed by atoms with van der Waals surface area (Å²) in [6.45, 7) is 6.47. The average Bonchev–Trinajstić information content (AvgIpc) is 2.80. The number of nitrogens with zero attached hydrogens (tertiary/aromatic N) is 4. The predicted molar refractivity (Wildman–Crippen MR) is 122 cm³/mol. The fraction of sp³-hybridized carbons (Fsp3) is 0.458. The minimum atomic E-state index is -2.89. The van der Waals surface area contributed by atoms with Gasteiger partial charge in [0.05, 0.1) is 35.2 Å². The van der Waals surface area contributed by atoms with Crippen molar-refractivity contribution in [3.05, 3.63) is 53.3 Å². The molecule has 3 heterocycles. The van der Waals surface area contributed by atoms with E-state index in [0.717, 1.165) is 60.7 Å². The smallest absolute Gasteiger partial charge is 0.270 e. The molecule has 0 spiro atoms. The zero-order valence-corrected chi connectivity index (χ0v) is 18.9. The van der Waals surface area contributed by atoms with Crippen LogP contribution in [0.1, 0.15) is 49.6 Å². The fourth-order valence-electron chi connectivity index (χ4n) is 4.16. The minimum Gasteiger partial charge on any atom is -0.380 e. The molecule has 1 aromatic carbocycles. The number of alkyl halides is 2. The van der Waals surface area contributed by atoms with Crippen molar-refractivity contribution < 1.29 is 13.5 Å². The minimum absolute atomic E-state index is 0.00903. The highest BCUT2D eigenvalue weighted by atomic mass is 19.3. The van der Waals surface area contributed by atoms with E-state index in [1.165, 1.54) is 12.1 Å². The number of halogens is 2. The first-order chi connectivity index (χ1) is 15.3. The van der Waals surface area contributed by atoms with Crippen molar-refractivity contribution in [1.29, 1.82) is 0 Å². The Morgan fingerprint density at radius 2 is 2.06 bits per heavy atom. The molecule has 1 fully saturated rings. The molecule has 0 saturated carbocycles. The normalized spacial score (nSPS) is 18.1. The fourth-order valence-corrected chi connectivity index (χ4v) is 4.16. The Labute approximate surface area is 187 Å². The van der Waals surface area contributed by atoms with E-state index in [9.17, 15) is 8.78 Å². The van der Waals surface area contributed by atoms with Crippen LogP contribution in [0, 0.1) is 6.92 Å². The number of pyridine rings is 1. The van der Waals surface area contributed by atoms with Gasteiger partial charge in [0, 0.05) is 38.1 Å². The lowest BCUT2D eigenvalue weighted by Gasteiger charge is -2.33. The Morgan fingerprint density at radius 3 is 2.81 bits per heavy atom. The van der Waals surface area contributed by atoms with Crippen molar-refractivity contribution >= 4 is 22.4 Å². The van der Waals surface area contributed by atoms with E-state index >= 15 is 0 Å². The van der Waals surface area contributed by atoms with Gasteiger partial charge in [0.25, 0.3) is 5.92 Å². The zero-order chi connectivity index (χ0) is 22.9. The molecule has 8 heteroatoms. The molecular weight excluding hydrogens is 412 g/mol. The quantitative estimate of drug-likeness (QED) is 0.565. The molecule has 1 saturated heterocycles. The van der Waals surface area contributed by atoms with Crippen molar-refractivity contribution in [3.8, 4) is 0 Å². The van der Waals surface area contributed by atoms with E-state index in [2.05, 4.69) is 31.5 Å². The van der Waals surface area contributed by atoms with E-state index in [1.54, 1.807) is 13.2 Å². The van der Waals surface area contributed by atoms with Crippen LogP contribution in [0.5, 0.6) is 0 Å². The standard InChI is InChI=1S/C24H29F2N5O/c1-15(17-7-5-8-18(11-17)24(3,25)26)28-23-21-12-19(13-27-22(21)16(2)29-30-23)31-10-6-9-20(14-31)32-4/h5,7-8,11-13,15,20H,6,9-10,14H2,1-4H3,(H,28,30)/t15-,20+/m1/s1. The Hall–Kier alpha value is -2.87. The maximum Gasteiger partial charge on any atom is 0.270 e. The number of anilines is 2. The van der Waals surface area contributed by atoms with Crippen molar-refractivity contribution in [2.45, 2.75) is 51.7 Å². The lowest BCUT2D eigenvalue weighted by Crippen LogP contribution is -2.39. The second-order valence-electron chi connectivity index (χ2n) is 8.55. The largest absolute Gasteiger partial charge is 0.380 e. The number of aromatic nitrogens is 3. The number of fused-ring (bicyclic) bond motifs is 1. The average molecular weight is 442 g/mol. The third-order valence-corrected chi connectivity index (χ3v) is 6.09.